The Bertz CT molecular complexity index is 183. The SMILES string of the molecule is C[Si](C)(C)CCC(F)(CF)C(F)(F)F. The Morgan fingerprint density at radius 3 is 1.64 bits per heavy atom. The molecule has 0 N–H and O–H groups in total. The Labute approximate surface area is 81.5 Å². The largest absolute Gasteiger partial charge is 0.425 e. The Kier molecular flexibility index (Phi) is 4.12. The van der Waals surface area contributed by atoms with Crippen molar-refractivity contribution in [1.82, 2.24) is 0 Å². The molecule has 0 aliphatic rings. The third-order valence-corrected chi connectivity index (χ3v) is 3.74. The highest BCUT2D eigenvalue weighted by Gasteiger charge is 2.56. The van der Waals surface area contributed by atoms with Crippen LogP contribution in [0.4, 0.5) is 22.0 Å². The van der Waals surface area contributed by atoms with Gasteiger partial charge >= 0.3 is 6.18 Å². The molecule has 0 rings (SSSR count). The van der Waals surface area contributed by atoms with Gasteiger partial charge in [-0.25, -0.2) is 8.78 Å². The molecule has 0 heterocycles. The Morgan fingerprint density at radius 1 is 1.00 bits per heavy atom. The molecule has 0 spiro atoms. The maximum absolute atomic E-state index is 13.1. The molecular formula is C8H15F5Si. The van der Waals surface area contributed by atoms with Crippen LogP contribution in [0, 0.1) is 0 Å². The maximum atomic E-state index is 13.1. The number of alkyl halides is 5. The van der Waals surface area contributed by atoms with Crippen molar-refractivity contribution in [2.24, 2.45) is 0 Å². The number of halogens is 5. The van der Waals surface area contributed by atoms with Gasteiger partial charge in [0.05, 0.1) is 0 Å². The first kappa shape index (κ1) is 13.9. The molecule has 1 unspecified atom stereocenters. The molecule has 0 fully saturated rings. The summed E-state index contributed by atoms with van der Waals surface area (Å²) in [5, 5.41) is 0. The molecule has 0 amide bonds. The predicted molar refractivity (Wildman–Crippen MR) is 48.6 cm³/mol. The average molecular weight is 234 g/mol. The van der Waals surface area contributed by atoms with Gasteiger partial charge in [-0.1, -0.05) is 25.7 Å². The monoisotopic (exact) mass is 234 g/mol. The van der Waals surface area contributed by atoms with Crippen LogP contribution in [0.3, 0.4) is 0 Å². The summed E-state index contributed by atoms with van der Waals surface area (Å²) in [7, 11) is -1.77. The van der Waals surface area contributed by atoms with Gasteiger partial charge in [0.25, 0.3) is 0 Å². The highest BCUT2D eigenvalue weighted by molar-refractivity contribution is 6.76. The lowest BCUT2D eigenvalue weighted by atomic mass is 10.0. The van der Waals surface area contributed by atoms with E-state index >= 15 is 0 Å². The van der Waals surface area contributed by atoms with Gasteiger partial charge in [-0.2, -0.15) is 13.2 Å². The van der Waals surface area contributed by atoms with Gasteiger partial charge in [0.15, 0.2) is 0 Å². The second-order valence-electron chi connectivity index (χ2n) is 4.66. The summed E-state index contributed by atoms with van der Waals surface area (Å²) in [6.07, 6.45) is -5.86. The van der Waals surface area contributed by atoms with E-state index in [1.54, 1.807) is 0 Å². The van der Waals surface area contributed by atoms with Crippen LogP contribution in [0.5, 0.6) is 0 Å². The summed E-state index contributed by atoms with van der Waals surface area (Å²) in [5.41, 5.74) is -3.65. The highest BCUT2D eigenvalue weighted by atomic mass is 28.3. The van der Waals surface area contributed by atoms with Crippen molar-refractivity contribution in [2.75, 3.05) is 6.67 Å². The molecule has 0 radical (unpaired) electrons. The lowest BCUT2D eigenvalue weighted by molar-refractivity contribution is -0.235. The number of hydrogen-bond acceptors (Lipinski definition) is 0. The molecule has 0 aromatic carbocycles. The number of rotatable bonds is 4. The summed E-state index contributed by atoms with van der Waals surface area (Å²) < 4.78 is 61.4. The summed E-state index contributed by atoms with van der Waals surface area (Å²) in [5.74, 6) is 0. The molecule has 0 nitrogen and oxygen atoms in total. The first-order valence-electron chi connectivity index (χ1n) is 4.33. The standard InChI is InChI=1S/C8H15F5Si/c1-14(2,3)5-4-7(10,6-9)8(11,12)13/h4-6H2,1-3H3. The van der Waals surface area contributed by atoms with E-state index < -0.39 is 33.0 Å². The van der Waals surface area contributed by atoms with E-state index in [0.29, 0.717) is 0 Å². The smallest absolute Gasteiger partial charge is 0.247 e. The zero-order valence-electron chi connectivity index (χ0n) is 8.51. The molecule has 86 valence electrons. The van der Waals surface area contributed by atoms with Gasteiger partial charge in [0, 0.05) is 8.07 Å². The minimum Gasteiger partial charge on any atom is -0.247 e. The molecule has 0 aromatic heterocycles. The topological polar surface area (TPSA) is 0 Å². The Hall–Kier alpha value is -0.133. The van der Waals surface area contributed by atoms with E-state index in [2.05, 4.69) is 0 Å². The van der Waals surface area contributed by atoms with Crippen LogP contribution in [0.15, 0.2) is 0 Å². The second kappa shape index (κ2) is 4.16. The van der Waals surface area contributed by atoms with Gasteiger partial charge in [-0.05, 0) is 6.42 Å². The zero-order valence-corrected chi connectivity index (χ0v) is 9.51. The summed E-state index contributed by atoms with van der Waals surface area (Å²) in [4.78, 5) is 0. The van der Waals surface area contributed by atoms with E-state index in [1.165, 1.54) is 0 Å². The molecule has 0 aliphatic carbocycles. The van der Waals surface area contributed by atoms with Crippen LogP contribution >= 0.6 is 0 Å². The lowest BCUT2D eigenvalue weighted by Gasteiger charge is -2.27. The number of hydrogen-bond donors (Lipinski definition) is 0. The third-order valence-electron chi connectivity index (χ3n) is 1.99. The Morgan fingerprint density at radius 2 is 1.43 bits per heavy atom. The van der Waals surface area contributed by atoms with Gasteiger partial charge in [-0.15, -0.1) is 0 Å². The predicted octanol–water partition coefficient (Wildman–Crippen LogP) is 3.95. The second-order valence-corrected chi connectivity index (χ2v) is 10.3. The van der Waals surface area contributed by atoms with Crippen LogP contribution in [-0.2, 0) is 0 Å². The van der Waals surface area contributed by atoms with Crippen LogP contribution in [0.2, 0.25) is 25.7 Å². The molecule has 0 aromatic rings. The fraction of sp³-hybridized carbons (Fsp3) is 1.00. The van der Waals surface area contributed by atoms with Crippen LogP contribution in [0.1, 0.15) is 6.42 Å². The zero-order chi connectivity index (χ0) is 11.6. The van der Waals surface area contributed by atoms with Gasteiger partial charge in [-0.3, -0.25) is 0 Å². The summed E-state index contributed by atoms with van der Waals surface area (Å²) in [6.45, 7) is 3.48. The molecule has 0 saturated heterocycles. The van der Waals surface area contributed by atoms with Gasteiger partial charge < -0.3 is 0 Å². The first-order valence-corrected chi connectivity index (χ1v) is 8.04. The van der Waals surface area contributed by atoms with E-state index in [-0.39, 0.29) is 6.04 Å². The average Bonchev–Trinajstić information content (AvgIpc) is 1.96. The highest BCUT2D eigenvalue weighted by Crippen LogP contribution is 2.39. The van der Waals surface area contributed by atoms with Gasteiger partial charge in [0.2, 0.25) is 5.67 Å². The van der Waals surface area contributed by atoms with Crippen molar-refractivity contribution in [2.45, 2.75) is 44.0 Å². The van der Waals surface area contributed by atoms with Crippen molar-refractivity contribution >= 4 is 8.07 Å². The van der Waals surface area contributed by atoms with Crippen molar-refractivity contribution in [3.8, 4) is 0 Å². The minimum atomic E-state index is -5.10. The quantitative estimate of drug-likeness (QED) is 0.510. The fourth-order valence-corrected chi connectivity index (χ4v) is 2.00. The molecule has 1 atom stereocenters. The normalized spacial score (nSPS) is 18.0. The summed E-state index contributed by atoms with van der Waals surface area (Å²) in [6, 6.07) is 0.132. The van der Waals surface area contributed by atoms with Crippen molar-refractivity contribution in [3.63, 3.8) is 0 Å². The fourth-order valence-electron chi connectivity index (χ4n) is 0.857. The van der Waals surface area contributed by atoms with E-state index in [1.807, 2.05) is 19.6 Å². The van der Waals surface area contributed by atoms with E-state index in [0.717, 1.165) is 0 Å². The molecule has 0 saturated carbocycles. The van der Waals surface area contributed by atoms with Crippen LogP contribution < -0.4 is 0 Å². The van der Waals surface area contributed by atoms with Crippen LogP contribution in [0.25, 0.3) is 0 Å². The molecule has 0 aliphatic heterocycles. The minimum absolute atomic E-state index is 0.132. The van der Waals surface area contributed by atoms with E-state index in [4.69, 9.17) is 0 Å². The third kappa shape index (κ3) is 3.94. The van der Waals surface area contributed by atoms with Crippen molar-refractivity contribution in [1.29, 1.82) is 0 Å². The lowest BCUT2D eigenvalue weighted by Crippen LogP contribution is -2.44. The van der Waals surface area contributed by atoms with Gasteiger partial charge in [0.1, 0.15) is 6.67 Å². The van der Waals surface area contributed by atoms with E-state index in [9.17, 15) is 22.0 Å². The molecule has 14 heavy (non-hydrogen) atoms. The summed E-state index contributed by atoms with van der Waals surface area (Å²) >= 11 is 0. The molecule has 0 bridgehead atoms. The van der Waals surface area contributed by atoms with Crippen molar-refractivity contribution in [3.05, 3.63) is 0 Å². The molecule has 6 heteroatoms. The Balaban J connectivity index is 4.43. The van der Waals surface area contributed by atoms with Crippen LogP contribution in [-0.4, -0.2) is 26.6 Å². The maximum Gasteiger partial charge on any atom is 0.425 e. The first-order chi connectivity index (χ1) is 6.02. The van der Waals surface area contributed by atoms with Crippen molar-refractivity contribution < 1.29 is 22.0 Å². The molecular weight excluding hydrogens is 219 g/mol.